The Morgan fingerprint density at radius 3 is 2.19 bits per heavy atom. The molecule has 0 saturated heterocycles. The minimum atomic E-state index is 0.132. The van der Waals surface area contributed by atoms with Crippen molar-refractivity contribution in [1.29, 1.82) is 0 Å². The van der Waals surface area contributed by atoms with Crippen molar-refractivity contribution in [1.82, 2.24) is 4.98 Å². The molecule has 0 bridgehead atoms. The van der Waals surface area contributed by atoms with Crippen LogP contribution in [-0.2, 0) is 0 Å². The van der Waals surface area contributed by atoms with Crippen LogP contribution in [0.2, 0.25) is 0 Å². The van der Waals surface area contributed by atoms with Crippen LogP contribution < -0.4 is 0 Å². The lowest BCUT2D eigenvalue weighted by molar-refractivity contribution is 0.965. The Bertz CT molecular complexity index is 1100. The van der Waals surface area contributed by atoms with E-state index in [1.807, 2.05) is 6.20 Å². The van der Waals surface area contributed by atoms with E-state index in [1.54, 1.807) is 11.3 Å². The molecule has 0 amide bonds. The van der Waals surface area contributed by atoms with E-state index in [9.17, 15) is 0 Å². The van der Waals surface area contributed by atoms with E-state index in [1.165, 1.54) is 32.0 Å². The van der Waals surface area contributed by atoms with Crippen molar-refractivity contribution in [2.24, 2.45) is 0 Å². The zero-order valence-corrected chi connectivity index (χ0v) is 15.0. The monoisotopic (exact) mass is 351 g/mol. The SMILES string of the molecule is c1csc(C(c2cccc3ccccc23)c2nccc3ccccc23)c1. The van der Waals surface area contributed by atoms with Crippen molar-refractivity contribution >= 4 is 32.9 Å². The van der Waals surface area contributed by atoms with Gasteiger partial charge in [-0.15, -0.1) is 11.3 Å². The molecule has 0 aliphatic carbocycles. The van der Waals surface area contributed by atoms with Gasteiger partial charge in [0.25, 0.3) is 0 Å². The molecule has 0 radical (unpaired) electrons. The molecule has 0 N–H and O–H groups in total. The zero-order valence-electron chi connectivity index (χ0n) is 14.2. The molecule has 1 unspecified atom stereocenters. The van der Waals surface area contributed by atoms with Gasteiger partial charge >= 0.3 is 0 Å². The third-order valence-corrected chi connectivity index (χ3v) is 5.88. The Labute approximate surface area is 156 Å². The second-order valence-corrected chi connectivity index (χ2v) is 7.41. The van der Waals surface area contributed by atoms with Gasteiger partial charge < -0.3 is 0 Å². The van der Waals surface area contributed by atoms with E-state index in [2.05, 4.69) is 90.3 Å². The van der Waals surface area contributed by atoms with Crippen molar-refractivity contribution in [2.45, 2.75) is 5.92 Å². The van der Waals surface area contributed by atoms with E-state index in [-0.39, 0.29) is 5.92 Å². The summed E-state index contributed by atoms with van der Waals surface area (Å²) in [5.74, 6) is 0.132. The lowest BCUT2D eigenvalue weighted by Crippen LogP contribution is -2.05. The van der Waals surface area contributed by atoms with Gasteiger partial charge in [-0.25, -0.2) is 0 Å². The Hall–Kier alpha value is -2.97. The number of pyridine rings is 1. The van der Waals surface area contributed by atoms with Crippen LogP contribution in [0.15, 0.2) is 96.5 Å². The predicted octanol–water partition coefficient (Wildman–Crippen LogP) is 6.63. The fourth-order valence-electron chi connectivity index (χ4n) is 3.77. The molecule has 0 saturated carbocycles. The molecule has 5 aromatic rings. The summed E-state index contributed by atoms with van der Waals surface area (Å²) in [5.41, 5.74) is 2.44. The maximum atomic E-state index is 4.85. The molecule has 0 aliphatic rings. The van der Waals surface area contributed by atoms with Crippen molar-refractivity contribution in [3.8, 4) is 0 Å². The van der Waals surface area contributed by atoms with Crippen molar-refractivity contribution < 1.29 is 0 Å². The lowest BCUT2D eigenvalue weighted by Gasteiger charge is -2.19. The highest BCUT2D eigenvalue weighted by Gasteiger charge is 2.23. The fraction of sp³-hybridized carbons (Fsp3) is 0.0417. The second-order valence-electron chi connectivity index (χ2n) is 6.43. The Morgan fingerprint density at radius 1 is 0.654 bits per heavy atom. The predicted molar refractivity (Wildman–Crippen MR) is 111 cm³/mol. The fourth-order valence-corrected chi connectivity index (χ4v) is 4.61. The van der Waals surface area contributed by atoms with E-state index in [0.29, 0.717) is 0 Å². The summed E-state index contributed by atoms with van der Waals surface area (Å²) in [7, 11) is 0. The first kappa shape index (κ1) is 15.3. The summed E-state index contributed by atoms with van der Waals surface area (Å²) < 4.78 is 0. The van der Waals surface area contributed by atoms with Crippen LogP contribution in [0, 0.1) is 0 Å². The lowest BCUT2D eigenvalue weighted by atomic mass is 9.87. The first-order chi connectivity index (χ1) is 12.9. The quantitative estimate of drug-likeness (QED) is 0.355. The standard InChI is InChI=1S/C24H17NS/c1-3-10-19-17(7-1)9-5-12-21(19)23(22-13-6-16-26-22)24-20-11-4-2-8-18(20)14-15-25-24/h1-16,23H. The Morgan fingerprint density at radius 2 is 1.38 bits per heavy atom. The van der Waals surface area contributed by atoms with Crippen LogP contribution in [0.5, 0.6) is 0 Å². The van der Waals surface area contributed by atoms with Crippen LogP contribution in [0.3, 0.4) is 0 Å². The maximum Gasteiger partial charge on any atom is 0.0619 e. The molecule has 1 atom stereocenters. The van der Waals surface area contributed by atoms with Crippen molar-refractivity contribution in [3.05, 3.63) is 113 Å². The summed E-state index contributed by atoms with van der Waals surface area (Å²) in [6, 6.07) is 30.2. The van der Waals surface area contributed by atoms with Crippen LogP contribution in [-0.4, -0.2) is 4.98 Å². The highest BCUT2D eigenvalue weighted by Crippen LogP contribution is 2.39. The maximum absolute atomic E-state index is 4.85. The molecule has 2 heterocycles. The van der Waals surface area contributed by atoms with Gasteiger partial charge in [0.15, 0.2) is 0 Å². The number of nitrogens with zero attached hydrogens (tertiary/aromatic N) is 1. The number of benzene rings is 3. The highest BCUT2D eigenvalue weighted by molar-refractivity contribution is 7.10. The van der Waals surface area contributed by atoms with Crippen molar-refractivity contribution in [3.63, 3.8) is 0 Å². The van der Waals surface area contributed by atoms with Gasteiger partial charge in [0.1, 0.15) is 0 Å². The molecule has 124 valence electrons. The summed E-state index contributed by atoms with van der Waals surface area (Å²) in [6.45, 7) is 0. The van der Waals surface area contributed by atoms with Crippen LogP contribution in [0.25, 0.3) is 21.5 Å². The third kappa shape index (κ3) is 2.51. The van der Waals surface area contributed by atoms with Crippen LogP contribution in [0.4, 0.5) is 0 Å². The number of rotatable bonds is 3. The van der Waals surface area contributed by atoms with Gasteiger partial charge in [-0.3, -0.25) is 4.98 Å². The smallest absolute Gasteiger partial charge is 0.0619 e. The van der Waals surface area contributed by atoms with Gasteiger partial charge in [-0.05, 0) is 39.2 Å². The molecular formula is C24H17NS. The molecule has 3 aromatic carbocycles. The van der Waals surface area contributed by atoms with Crippen molar-refractivity contribution in [2.75, 3.05) is 0 Å². The first-order valence-corrected chi connectivity index (χ1v) is 9.64. The third-order valence-electron chi connectivity index (χ3n) is 4.94. The van der Waals surface area contributed by atoms with Gasteiger partial charge in [0.05, 0.1) is 11.6 Å². The van der Waals surface area contributed by atoms with Crippen LogP contribution >= 0.6 is 11.3 Å². The molecule has 1 nitrogen and oxygen atoms in total. The second kappa shape index (κ2) is 6.40. The minimum absolute atomic E-state index is 0.132. The largest absolute Gasteiger partial charge is 0.260 e. The molecule has 5 rings (SSSR count). The molecule has 2 aromatic heterocycles. The summed E-state index contributed by atoms with van der Waals surface area (Å²) >= 11 is 1.80. The van der Waals surface area contributed by atoms with E-state index >= 15 is 0 Å². The highest BCUT2D eigenvalue weighted by atomic mass is 32.1. The first-order valence-electron chi connectivity index (χ1n) is 8.76. The number of thiophene rings is 1. The summed E-state index contributed by atoms with van der Waals surface area (Å²) in [4.78, 5) is 6.18. The molecular weight excluding hydrogens is 334 g/mol. The van der Waals surface area contributed by atoms with E-state index in [0.717, 1.165) is 5.69 Å². The van der Waals surface area contributed by atoms with E-state index < -0.39 is 0 Å². The zero-order chi connectivity index (χ0) is 17.3. The molecule has 2 heteroatoms. The van der Waals surface area contributed by atoms with Gasteiger partial charge in [0.2, 0.25) is 0 Å². The number of hydrogen-bond acceptors (Lipinski definition) is 2. The van der Waals surface area contributed by atoms with Crippen LogP contribution in [0.1, 0.15) is 22.1 Å². The number of fused-ring (bicyclic) bond motifs is 2. The average molecular weight is 351 g/mol. The summed E-state index contributed by atoms with van der Waals surface area (Å²) in [6.07, 6.45) is 1.93. The van der Waals surface area contributed by atoms with E-state index in [4.69, 9.17) is 4.98 Å². The Kier molecular flexibility index (Phi) is 3.76. The van der Waals surface area contributed by atoms with Gasteiger partial charge in [-0.1, -0.05) is 72.8 Å². The topological polar surface area (TPSA) is 12.9 Å². The number of hydrogen-bond donors (Lipinski definition) is 0. The Balaban J connectivity index is 1.85. The van der Waals surface area contributed by atoms with Gasteiger partial charge in [0, 0.05) is 16.5 Å². The van der Waals surface area contributed by atoms with Gasteiger partial charge in [-0.2, -0.15) is 0 Å². The normalized spacial score (nSPS) is 12.5. The molecule has 26 heavy (non-hydrogen) atoms. The summed E-state index contributed by atoms with van der Waals surface area (Å²) in [5, 5.41) is 7.18. The minimum Gasteiger partial charge on any atom is -0.260 e. The molecule has 0 spiro atoms. The average Bonchev–Trinajstić information content (AvgIpc) is 3.23. The number of aromatic nitrogens is 1. The molecule has 0 aliphatic heterocycles. The molecule has 0 fully saturated rings.